The third kappa shape index (κ3) is 4.00. The normalized spacial score (nSPS) is 11.1. The number of rotatable bonds is 2. The van der Waals surface area contributed by atoms with Crippen LogP contribution in [0.25, 0.3) is 0 Å². The first-order chi connectivity index (χ1) is 10.3. The molecule has 0 fully saturated rings. The highest BCUT2D eigenvalue weighted by molar-refractivity contribution is 9.10. The van der Waals surface area contributed by atoms with E-state index in [0.29, 0.717) is 5.69 Å². The highest BCUT2D eigenvalue weighted by atomic mass is 79.9. The molecular formula is C15H12BrF3N2O. The summed E-state index contributed by atoms with van der Waals surface area (Å²) in [5.41, 5.74) is 0.653. The molecule has 0 atom stereocenters. The minimum absolute atomic E-state index is 0.0570. The van der Waals surface area contributed by atoms with Crippen LogP contribution >= 0.6 is 15.9 Å². The average molecular weight is 373 g/mol. The predicted octanol–water partition coefficient (Wildman–Crippen LogP) is 5.42. The number of amides is 2. The second kappa shape index (κ2) is 6.39. The van der Waals surface area contributed by atoms with Crippen molar-refractivity contribution in [3.63, 3.8) is 0 Å². The average Bonchev–Trinajstić information content (AvgIpc) is 2.42. The highest BCUT2D eigenvalue weighted by Crippen LogP contribution is 2.36. The van der Waals surface area contributed by atoms with Crippen molar-refractivity contribution >= 4 is 33.3 Å². The zero-order valence-electron chi connectivity index (χ0n) is 11.5. The SMILES string of the molecule is Cc1ccccc1NC(=O)Nc1ccc(Br)c(C(F)(F)F)c1. The van der Waals surface area contributed by atoms with E-state index in [9.17, 15) is 18.0 Å². The van der Waals surface area contributed by atoms with Crippen molar-refractivity contribution < 1.29 is 18.0 Å². The molecule has 0 saturated carbocycles. The summed E-state index contributed by atoms with van der Waals surface area (Å²) in [6, 6.07) is 10.00. The van der Waals surface area contributed by atoms with Crippen LogP contribution in [0.2, 0.25) is 0 Å². The maximum absolute atomic E-state index is 12.8. The van der Waals surface area contributed by atoms with Crippen LogP contribution < -0.4 is 10.6 Å². The van der Waals surface area contributed by atoms with E-state index in [0.717, 1.165) is 11.6 Å². The molecule has 2 aromatic rings. The van der Waals surface area contributed by atoms with E-state index in [1.165, 1.54) is 12.1 Å². The van der Waals surface area contributed by atoms with Crippen molar-refractivity contribution in [3.8, 4) is 0 Å². The number of nitrogens with one attached hydrogen (secondary N) is 2. The molecule has 3 nitrogen and oxygen atoms in total. The summed E-state index contributed by atoms with van der Waals surface area (Å²) in [5, 5.41) is 4.97. The fraction of sp³-hybridized carbons (Fsp3) is 0.133. The van der Waals surface area contributed by atoms with Gasteiger partial charge in [0.25, 0.3) is 0 Å². The third-order valence-corrected chi connectivity index (χ3v) is 3.61. The highest BCUT2D eigenvalue weighted by Gasteiger charge is 2.33. The number of para-hydroxylation sites is 1. The summed E-state index contributed by atoms with van der Waals surface area (Å²) in [6.07, 6.45) is -4.50. The first-order valence-electron chi connectivity index (χ1n) is 6.28. The van der Waals surface area contributed by atoms with Gasteiger partial charge in [0.1, 0.15) is 0 Å². The van der Waals surface area contributed by atoms with Gasteiger partial charge in [0.2, 0.25) is 0 Å². The molecule has 2 amide bonds. The summed E-state index contributed by atoms with van der Waals surface area (Å²) in [6.45, 7) is 1.82. The monoisotopic (exact) mass is 372 g/mol. The Balaban J connectivity index is 2.14. The number of anilines is 2. The van der Waals surface area contributed by atoms with Gasteiger partial charge in [-0.25, -0.2) is 4.79 Å². The Morgan fingerprint density at radius 2 is 1.77 bits per heavy atom. The van der Waals surface area contributed by atoms with Gasteiger partial charge in [0, 0.05) is 15.8 Å². The first-order valence-corrected chi connectivity index (χ1v) is 7.07. The second-order valence-electron chi connectivity index (χ2n) is 4.59. The third-order valence-electron chi connectivity index (χ3n) is 2.92. The lowest BCUT2D eigenvalue weighted by molar-refractivity contribution is -0.138. The zero-order valence-corrected chi connectivity index (χ0v) is 13.0. The van der Waals surface area contributed by atoms with Crippen molar-refractivity contribution in [2.75, 3.05) is 10.6 Å². The number of carbonyl (C=O) groups is 1. The van der Waals surface area contributed by atoms with E-state index >= 15 is 0 Å². The number of urea groups is 1. The molecule has 0 heterocycles. The molecule has 0 aliphatic heterocycles. The molecule has 0 unspecified atom stereocenters. The van der Waals surface area contributed by atoms with Crippen molar-refractivity contribution in [2.24, 2.45) is 0 Å². The Bertz CT molecular complexity index is 701. The maximum Gasteiger partial charge on any atom is 0.417 e. The molecule has 0 radical (unpaired) electrons. The molecule has 2 aromatic carbocycles. The lowest BCUT2D eigenvalue weighted by atomic mass is 10.2. The number of carbonyl (C=O) groups excluding carboxylic acids is 1. The van der Waals surface area contributed by atoms with Crippen molar-refractivity contribution in [1.29, 1.82) is 0 Å². The molecule has 7 heteroatoms. The fourth-order valence-electron chi connectivity index (χ4n) is 1.82. The van der Waals surface area contributed by atoms with Gasteiger partial charge in [-0.2, -0.15) is 13.2 Å². The molecule has 0 aliphatic rings. The van der Waals surface area contributed by atoms with Crippen molar-refractivity contribution in [1.82, 2.24) is 0 Å². The van der Waals surface area contributed by atoms with Crippen LogP contribution in [0.5, 0.6) is 0 Å². The van der Waals surface area contributed by atoms with E-state index < -0.39 is 17.8 Å². The quantitative estimate of drug-likeness (QED) is 0.725. The molecule has 0 aromatic heterocycles. The molecule has 0 spiro atoms. The fourth-order valence-corrected chi connectivity index (χ4v) is 2.29. The van der Waals surface area contributed by atoms with Gasteiger partial charge >= 0.3 is 12.2 Å². The van der Waals surface area contributed by atoms with E-state index in [2.05, 4.69) is 26.6 Å². The van der Waals surface area contributed by atoms with Crippen molar-refractivity contribution in [3.05, 3.63) is 58.1 Å². The maximum atomic E-state index is 12.8. The lowest BCUT2D eigenvalue weighted by Gasteiger charge is -2.13. The summed E-state index contributed by atoms with van der Waals surface area (Å²) < 4.78 is 38.3. The lowest BCUT2D eigenvalue weighted by Crippen LogP contribution is -2.20. The molecule has 0 aliphatic carbocycles. The van der Waals surface area contributed by atoms with Gasteiger partial charge in [-0.1, -0.05) is 34.1 Å². The van der Waals surface area contributed by atoms with Crippen LogP contribution in [0.4, 0.5) is 29.3 Å². The molecule has 22 heavy (non-hydrogen) atoms. The first kappa shape index (κ1) is 16.4. The molecule has 0 saturated heterocycles. The van der Waals surface area contributed by atoms with Crippen LogP contribution in [0.1, 0.15) is 11.1 Å². The molecular weight excluding hydrogens is 361 g/mol. The van der Waals surface area contributed by atoms with E-state index in [4.69, 9.17) is 0 Å². The van der Waals surface area contributed by atoms with Crippen LogP contribution in [0.3, 0.4) is 0 Å². The van der Waals surface area contributed by atoms with Crippen LogP contribution in [0.15, 0.2) is 46.9 Å². The standard InChI is InChI=1S/C15H12BrF3N2O/c1-9-4-2-3-5-13(9)21-14(22)20-10-6-7-12(16)11(8-10)15(17,18)19/h2-8H,1H3,(H2,20,21,22). The van der Waals surface area contributed by atoms with Gasteiger partial charge < -0.3 is 10.6 Å². The molecule has 116 valence electrons. The van der Waals surface area contributed by atoms with E-state index in [1.807, 2.05) is 19.1 Å². The van der Waals surface area contributed by atoms with Gasteiger partial charge in [-0.05, 0) is 36.8 Å². The van der Waals surface area contributed by atoms with Crippen LogP contribution in [-0.2, 0) is 6.18 Å². The number of aryl methyl sites for hydroxylation is 1. The van der Waals surface area contributed by atoms with Crippen LogP contribution in [0, 0.1) is 6.92 Å². The predicted molar refractivity (Wildman–Crippen MR) is 83.0 cm³/mol. The molecule has 0 bridgehead atoms. The van der Waals surface area contributed by atoms with Crippen LogP contribution in [-0.4, -0.2) is 6.03 Å². The molecule has 2 N–H and O–H groups in total. The van der Waals surface area contributed by atoms with Gasteiger partial charge in [-0.15, -0.1) is 0 Å². The summed E-state index contributed by atoms with van der Waals surface area (Å²) in [4.78, 5) is 11.9. The number of hydrogen-bond acceptors (Lipinski definition) is 1. The Kier molecular flexibility index (Phi) is 4.75. The Hall–Kier alpha value is -2.02. The second-order valence-corrected chi connectivity index (χ2v) is 5.44. The van der Waals surface area contributed by atoms with Gasteiger partial charge in [0.15, 0.2) is 0 Å². The van der Waals surface area contributed by atoms with Gasteiger partial charge in [0.05, 0.1) is 5.56 Å². The number of hydrogen-bond donors (Lipinski definition) is 2. The minimum Gasteiger partial charge on any atom is -0.308 e. The Morgan fingerprint density at radius 1 is 1.09 bits per heavy atom. The topological polar surface area (TPSA) is 41.1 Å². The summed E-state index contributed by atoms with van der Waals surface area (Å²) in [7, 11) is 0. The summed E-state index contributed by atoms with van der Waals surface area (Å²) >= 11 is 2.85. The largest absolute Gasteiger partial charge is 0.417 e. The summed E-state index contributed by atoms with van der Waals surface area (Å²) in [5.74, 6) is 0. The van der Waals surface area contributed by atoms with Gasteiger partial charge in [-0.3, -0.25) is 0 Å². The smallest absolute Gasteiger partial charge is 0.308 e. The van der Waals surface area contributed by atoms with E-state index in [-0.39, 0.29) is 10.2 Å². The molecule has 2 rings (SSSR count). The zero-order chi connectivity index (χ0) is 16.3. The minimum atomic E-state index is -4.50. The Labute approximate surface area is 133 Å². The number of halogens is 4. The number of alkyl halides is 3. The number of benzene rings is 2. The van der Waals surface area contributed by atoms with Crippen molar-refractivity contribution in [2.45, 2.75) is 13.1 Å². The van der Waals surface area contributed by atoms with E-state index in [1.54, 1.807) is 12.1 Å². The Morgan fingerprint density at radius 3 is 2.41 bits per heavy atom.